The SMILES string of the molecule is Clc1cc2c(s1)CCCC2NCCc1ncc[nH]1. The van der Waals surface area contributed by atoms with Gasteiger partial charge in [0, 0.05) is 36.3 Å². The molecule has 0 saturated heterocycles. The van der Waals surface area contributed by atoms with E-state index >= 15 is 0 Å². The van der Waals surface area contributed by atoms with E-state index in [-0.39, 0.29) is 0 Å². The lowest BCUT2D eigenvalue weighted by Gasteiger charge is -2.23. The number of aromatic amines is 1. The van der Waals surface area contributed by atoms with Gasteiger partial charge >= 0.3 is 0 Å². The average Bonchev–Trinajstić information content (AvgIpc) is 2.97. The lowest BCUT2D eigenvalue weighted by Crippen LogP contribution is -2.26. The standard InChI is InChI=1S/C13H16ClN3S/c14-12-8-9-10(2-1-3-11(9)18-12)15-5-4-13-16-6-7-17-13/h6-8,10,15H,1-5H2,(H,16,17). The molecule has 1 aliphatic carbocycles. The van der Waals surface area contributed by atoms with E-state index in [1.807, 2.05) is 6.20 Å². The van der Waals surface area contributed by atoms with Gasteiger partial charge in [-0.3, -0.25) is 0 Å². The van der Waals surface area contributed by atoms with Crippen LogP contribution in [-0.2, 0) is 12.8 Å². The number of hydrogen-bond acceptors (Lipinski definition) is 3. The van der Waals surface area contributed by atoms with E-state index in [0.717, 1.165) is 23.1 Å². The number of thiophene rings is 1. The van der Waals surface area contributed by atoms with Crippen LogP contribution >= 0.6 is 22.9 Å². The summed E-state index contributed by atoms with van der Waals surface area (Å²) in [6.07, 6.45) is 8.25. The maximum atomic E-state index is 6.11. The van der Waals surface area contributed by atoms with Gasteiger partial charge in [0.2, 0.25) is 0 Å². The summed E-state index contributed by atoms with van der Waals surface area (Å²) in [4.78, 5) is 8.82. The van der Waals surface area contributed by atoms with Crippen LogP contribution in [-0.4, -0.2) is 16.5 Å². The molecule has 3 rings (SSSR count). The number of fused-ring (bicyclic) bond motifs is 1. The van der Waals surface area contributed by atoms with Gasteiger partial charge in [0.25, 0.3) is 0 Å². The molecule has 0 amide bonds. The van der Waals surface area contributed by atoms with Crippen molar-refractivity contribution in [3.63, 3.8) is 0 Å². The molecule has 1 atom stereocenters. The van der Waals surface area contributed by atoms with E-state index in [4.69, 9.17) is 11.6 Å². The van der Waals surface area contributed by atoms with Crippen molar-refractivity contribution in [3.8, 4) is 0 Å². The molecule has 0 radical (unpaired) electrons. The lowest BCUT2D eigenvalue weighted by molar-refractivity contribution is 0.465. The van der Waals surface area contributed by atoms with Crippen molar-refractivity contribution >= 4 is 22.9 Å². The maximum absolute atomic E-state index is 6.11. The zero-order valence-electron chi connectivity index (χ0n) is 10.1. The highest BCUT2D eigenvalue weighted by molar-refractivity contribution is 7.16. The van der Waals surface area contributed by atoms with E-state index in [1.165, 1.54) is 29.7 Å². The van der Waals surface area contributed by atoms with Gasteiger partial charge in [0.05, 0.1) is 4.34 Å². The Morgan fingerprint density at radius 2 is 2.50 bits per heavy atom. The molecular formula is C13H16ClN3S. The Balaban J connectivity index is 1.60. The summed E-state index contributed by atoms with van der Waals surface area (Å²) in [5.41, 5.74) is 1.41. The van der Waals surface area contributed by atoms with Gasteiger partial charge in [0.15, 0.2) is 0 Å². The predicted molar refractivity (Wildman–Crippen MR) is 75.3 cm³/mol. The lowest BCUT2D eigenvalue weighted by atomic mass is 9.94. The van der Waals surface area contributed by atoms with Crippen LogP contribution in [0.5, 0.6) is 0 Å². The monoisotopic (exact) mass is 281 g/mol. The van der Waals surface area contributed by atoms with Crippen LogP contribution in [0.4, 0.5) is 0 Å². The van der Waals surface area contributed by atoms with Gasteiger partial charge in [-0.25, -0.2) is 4.98 Å². The van der Waals surface area contributed by atoms with E-state index in [9.17, 15) is 0 Å². The third-order valence-electron chi connectivity index (χ3n) is 3.39. The van der Waals surface area contributed by atoms with Crippen LogP contribution in [0.1, 0.15) is 35.1 Å². The topological polar surface area (TPSA) is 40.7 Å². The number of hydrogen-bond donors (Lipinski definition) is 2. The Hall–Kier alpha value is -0.840. The fourth-order valence-electron chi connectivity index (χ4n) is 2.53. The second-order valence-corrected chi connectivity index (χ2v) is 6.38. The summed E-state index contributed by atoms with van der Waals surface area (Å²) in [5.74, 6) is 1.04. The molecule has 5 heteroatoms. The Morgan fingerprint density at radius 3 is 3.33 bits per heavy atom. The predicted octanol–water partition coefficient (Wildman–Crippen LogP) is 3.33. The summed E-state index contributed by atoms with van der Waals surface area (Å²) in [7, 11) is 0. The zero-order chi connectivity index (χ0) is 12.4. The number of nitrogens with zero attached hydrogens (tertiary/aromatic N) is 1. The minimum atomic E-state index is 0.465. The highest BCUT2D eigenvalue weighted by Crippen LogP contribution is 2.37. The van der Waals surface area contributed by atoms with Crippen molar-refractivity contribution in [2.45, 2.75) is 31.7 Å². The maximum Gasteiger partial charge on any atom is 0.107 e. The Bertz CT molecular complexity index is 506. The average molecular weight is 282 g/mol. The first-order valence-corrected chi connectivity index (χ1v) is 7.52. The van der Waals surface area contributed by atoms with Crippen molar-refractivity contribution < 1.29 is 0 Å². The Kier molecular flexibility index (Phi) is 3.68. The molecule has 2 aromatic heterocycles. The smallest absolute Gasteiger partial charge is 0.107 e. The molecule has 0 saturated carbocycles. The normalized spacial score (nSPS) is 18.8. The largest absolute Gasteiger partial charge is 0.349 e. The van der Waals surface area contributed by atoms with Gasteiger partial charge in [-0.15, -0.1) is 11.3 Å². The third-order valence-corrected chi connectivity index (χ3v) is 4.73. The van der Waals surface area contributed by atoms with Gasteiger partial charge in [-0.05, 0) is 30.9 Å². The van der Waals surface area contributed by atoms with Crippen LogP contribution < -0.4 is 5.32 Å². The second-order valence-electron chi connectivity index (χ2n) is 4.61. The first kappa shape index (κ1) is 12.2. The van der Waals surface area contributed by atoms with Gasteiger partial charge in [0.1, 0.15) is 5.82 Å². The third kappa shape index (κ3) is 2.60. The summed E-state index contributed by atoms with van der Waals surface area (Å²) < 4.78 is 0.916. The van der Waals surface area contributed by atoms with Crippen molar-refractivity contribution in [2.24, 2.45) is 0 Å². The summed E-state index contributed by atoms with van der Waals surface area (Å²) >= 11 is 7.84. The van der Waals surface area contributed by atoms with Crippen LogP contribution in [0.15, 0.2) is 18.5 Å². The fourth-order valence-corrected chi connectivity index (χ4v) is 3.92. The molecule has 2 aromatic rings. The number of aryl methyl sites for hydroxylation is 1. The van der Waals surface area contributed by atoms with E-state index in [0.29, 0.717) is 6.04 Å². The Labute approximate surface area is 116 Å². The molecule has 1 aliphatic rings. The molecule has 2 heterocycles. The fraction of sp³-hybridized carbons (Fsp3) is 0.462. The van der Waals surface area contributed by atoms with Crippen LogP contribution in [0, 0.1) is 0 Å². The van der Waals surface area contributed by atoms with E-state index in [2.05, 4.69) is 21.4 Å². The van der Waals surface area contributed by atoms with Crippen molar-refractivity contribution in [1.82, 2.24) is 15.3 Å². The van der Waals surface area contributed by atoms with Crippen molar-refractivity contribution in [1.29, 1.82) is 0 Å². The minimum Gasteiger partial charge on any atom is -0.349 e. The minimum absolute atomic E-state index is 0.465. The van der Waals surface area contributed by atoms with E-state index in [1.54, 1.807) is 17.5 Å². The molecule has 0 fully saturated rings. The molecule has 3 nitrogen and oxygen atoms in total. The van der Waals surface area contributed by atoms with Gasteiger partial charge in [-0.2, -0.15) is 0 Å². The van der Waals surface area contributed by atoms with Crippen LogP contribution in [0.3, 0.4) is 0 Å². The molecule has 18 heavy (non-hydrogen) atoms. The molecular weight excluding hydrogens is 266 g/mol. The highest BCUT2D eigenvalue weighted by atomic mass is 35.5. The highest BCUT2D eigenvalue weighted by Gasteiger charge is 2.22. The number of nitrogens with one attached hydrogen (secondary N) is 2. The number of halogens is 1. The summed E-state index contributed by atoms with van der Waals surface area (Å²) in [6.45, 7) is 0.949. The summed E-state index contributed by atoms with van der Waals surface area (Å²) in [6, 6.07) is 2.60. The Morgan fingerprint density at radius 1 is 1.56 bits per heavy atom. The summed E-state index contributed by atoms with van der Waals surface area (Å²) in [5, 5.41) is 3.62. The molecule has 0 spiro atoms. The van der Waals surface area contributed by atoms with Gasteiger partial charge < -0.3 is 10.3 Å². The second kappa shape index (κ2) is 5.43. The molecule has 96 valence electrons. The molecule has 0 aromatic carbocycles. The van der Waals surface area contributed by atoms with Crippen LogP contribution in [0.25, 0.3) is 0 Å². The first-order chi connectivity index (χ1) is 8.83. The number of H-pyrrole nitrogens is 1. The van der Waals surface area contributed by atoms with Crippen molar-refractivity contribution in [3.05, 3.63) is 39.1 Å². The van der Waals surface area contributed by atoms with Gasteiger partial charge in [-0.1, -0.05) is 11.6 Å². The quantitative estimate of drug-likeness (QED) is 0.902. The van der Waals surface area contributed by atoms with Crippen LogP contribution in [0.2, 0.25) is 4.34 Å². The zero-order valence-corrected chi connectivity index (χ0v) is 11.7. The molecule has 0 bridgehead atoms. The number of rotatable bonds is 4. The molecule has 1 unspecified atom stereocenters. The van der Waals surface area contributed by atoms with E-state index < -0.39 is 0 Å². The van der Waals surface area contributed by atoms with Crippen molar-refractivity contribution in [2.75, 3.05) is 6.54 Å². The number of aromatic nitrogens is 2. The first-order valence-electron chi connectivity index (χ1n) is 6.32. The molecule has 0 aliphatic heterocycles. The number of imidazole rings is 1. The molecule has 2 N–H and O–H groups in total.